The van der Waals surface area contributed by atoms with Crippen LogP contribution in [0.5, 0.6) is 0 Å². The predicted octanol–water partition coefficient (Wildman–Crippen LogP) is 0.237. The minimum Gasteiger partial charge on any atom is -0.480 e. The van der Waals surface area contributed by atoms with Gasteiger partial charge in [-0.05, 0) is 19.8 Å². The van der Waals surface area contributed by atoms with E-state index in [-0.39, 0.29) is 6.04 Å². The monoisotopic (exact) mass is 238 g/mol. The second-order valence-corrected chi connectivity index (χ2v) is 4.31. The van der Waals surface area contributed by atoms with Gasteiger partial charge in [0.2, 0.25) is 5.91 Å². The molecule has 2 rings (SSSR count). The van der Waals surface area contributed by atoms with Gasteiger partial charge in [0.25, 0.3) is 0 Å². The lowest BCUT2D eigenvalue weighted by Gasteiger charge is -2.36. The lowest BCUT2D eigenvalue weighted by Crippen LogP contribution is -2.51. The Morgan fingerprint density at radius 3 is 2.71 bits per heavy atom. The number of amides is 1. The van der Waals surface area contributed by atoms with E-state index in [1.54, 1.807) is 6.92 Å². The van der Waals surface area contributed by atoms with E-state index < -0.39 is 17.3 Å². The van der Waals surface area contributed by atoms with Gasteiger partial charge >= 0.3 is 5.97 Å². The fourth-order valence-electron chi connectivity index (χ4n) is 1.90. The number of carboxylic acid groups (broad SMARTS) is 1. The summed E-state index contributed by atoms with van der Waals surface area (Å²) in [5, 5.41) is 18.1. The summed E-state index contributed by atoms with van der Waals surface area (Å²) in [7, 11) is 0. The zero-order valence-corrected chi connectivity index (χ0v) is 9.43. The summed E-state index contributed by atoms with van der Waals surface area (Å²) in [4.78, 5) is 27.0. The Bertz CT molecular complexity index is 425. The van der Waals surface area contributed by atoms with Crippen molar-refractivity contribution in [2.45, 2.75) is 32.2 Å². The van der Waals surface area contributed by atoms with Crippen molar-refractivity contribution >= 4 is 11.9 Å². The number of nitrogens with one attached hydrogen (secondary N) is 2. The highest BCUT2D eigenvalue weighted by molar-refractivity contribution is 6.02. The van der Waals surface area contributed by atoms with Gasteiger partial charge < -0.3 is 10.4 Å². The molecule has 1 saturated carbocycles. The molecule has 1 atom stereocenters. The highest BCUT2D eigenvalue weighted by Crippen LogP contribution is 2.41. The van der Waals surface area contributed by atoms with E-state index >= 15 is 0 Å². The second-order valence-electron chi connectivity index (χ2n) is 4.31. The number of hydrogen-bond acceptors (Lipinski definition) is 4. The average molecular weight is 238 g/mol. The van der Waals surface area contributed by atoms with Crippen LogP contribution in [0.25, 0.3) is 0 Å². The van der Waals surface area contributed by atoms with Crippen molar-refractivity contribution in [3.63, 3.8) is 0 Å². The van der Waals surface area contributed by atoms with E-state index in [1.807, 2.05) is 0 Å². The SMILES string of the molecule is CC(NC(=O)C1(C(=O)O)CCC1)c1ncn[nH]1. The van der Waals surface area contributed by atoms with Crippen LogP contribution in [-0.4, -0.2) is 32.2 Å². The quantitative estimate of drug-likeness (QED) is 0.651. The van der Waals surface area contributed by atoms with Gasteiger partial charge in [-0.25, -0.2) is 4.98 Å². The molecule has 17 heavy (non-hydrogen) atoms. The van der Waals surface area contributed by atoms with Gasteiger partial charge in [0.1, 0.15) is 17.6 Å². The topological polar surface area (TPSA) is 108 Å². The molecular weight excluding hydrogens is 224 g/mol. The van der Waals surface area contributed by atoms with Crippen molar-refractivity contribution in [3.8, 4) is 0 Å². The molecule has 0 aliphatic heterocycles. The number of rotatable bonds is 4. The highest BCUT2D eigenvalue weighted by Gasteiger charge is 2.51. The first-order valence-electron chi connectivity index (χ1n) is 5.46. The smallest absolute Gasteiger partial charge is 0.319 e. The molecule has 1 heterocycles. The first-order chi connectivity index (χ1) is 8.06. The van der Waals surface area contributed by atoms with Crippen LogP contribution >= 0.6 is 0 Å². The van der Waals surface area contributed by atoms with Crippen molar-refractivity contribution in [1.29, 1.82) is 0 Å². The maximum absolute atomic E-state index is 11.9. The molecule has 1 aliphatic carbocycles. The summed E-state index contributed by atoms with van der Waals surface area (Å²) in [6, 6.07) is -0.373. The summed E-state index contributed by atoms with van der Waals surface area (Å²) >= 11 is 0. The third kappa shape index (κ3) is 1.88. The van der Waals surface area contributed by atoms with Crippen LogP contribution in [0.2, 0.25) is 0 Å². The van der Waals surface area contributed by atoms with Crippen molar-refractivity contribution < 1.29 is 14.7 Å². The number of carbonyl (C=O) groups excluding carboxylic acids is 1. The molecule has 0 aromatic carbocycles. The zero-order valence-electron chi connectivity index (χ0n) is 9.43. The molecule has 7 heteroatoms. The number of hydrogen-bond donors (Lipinski definition) is 3. The van der Waals surface area contributed by atoms with Gasteiger partial charge in [0, 0.05) is 0 Å². The summed E-state index contributed by atoms with van der Waals surface area (Å²) in [5.74, 6) is -0.982. The van der Waals surface area contributed by atoms with Crippen molar-refractivity contribution in [3.05, 3.63) is 12.2 Å². The third-order valence-electron chi connectivity index (χ3n) is 3.24. The molecule has 0 bridgehead atoms. The summed E-state index contributed by atoms with van der Waals surface area (Å²) in [6.07, 6.45) is 2.92. The van der Waals surface area contributed by atoms with Crippen molar-refractivity contribution in [2.75, 3.05) is 0 Å². The molecule has 1 aliphatic rings. The number of nitrogens with zero attached hydrogens (tertiary/aromatic N) is 2. The molecule has 92 valence electrons. The number of aliphatic carboxylic acids is 1. The van der Waals surface area contributed by atoms with Gasteiger partial charge in [-0.15, -0.1) is 0 Å². The lowest BCUT2D eigenvalue weighted by atomic mass is 9.68. The van der Waals surface area contributed by atoms with Gasteiger partial charge in [-0.1, -0.05) is 6.42 Å². The van der Waals surface area contributed by atoms with E-state index in [1.165, 1.54) is 6.33 Å². The van der Waals surface area contributed by atoms with E-state index in [2.05, 4.69) is 20.5 Å². The van der Waals surface area contributed by atoms with E-state index in [9.17, 15) is 9.59 Å². The van der Waals surface area contributed by atoms with Crippen molar-refractivity contribution in [1.82, 2.24) is 20.5 Å². The Hall–Kier alpha value is -1.92. The number of carboxylic acids is 1. The van der Waals surface area contributed by atoms with Crippen LogP contribution in [0.3, 0.4) is 0 Å². The Morgan fingerprint density at radius 2 is 2.29 bits per heavy atom. The molecule has 3 N–H and O–H groups in total. The van der Waals surface area contributed by atoms with Crippen LogP contribution in [-0.2, 0) is 9.59 Å². The number of H-pyrrole nitrogens is 1. The Kier molecular flexibility index (Phi) is 2.83. The molecule has 1 unspecified atom stereocenters. The Balaban J connectivity index is 2.04. The number of carbonyl (C=O) groups is 2. The van der Waals surface area contributed by atoms with Gasteiger partial charge in [0.05, 0.1) is 6.04 Å². The first kappa shape index (κ1) is 11.6. The van der Waals surface area contributed by atoms with Gasteiger partial charge in [0.15, 0.2) is 0 Å². The van der Waals surface area contributed by atoms with Gasteiger partial charge in [-0.3, -0.25) is 14.7 Å². The van der Waals surface area contributed by atoms with E-state index in [4.69, 9.17) is 5.11 Å². The highest BCUT2D eigenvalue weighted by atomic mass is 16.4. The molecule has 0 saturated heterocycles. The van der Waals surface area contributed by atoms with Crippen LogP contribution in [0.4, 0.5) is 0 Å². The fraction of sp³-hybridized carbons (Fsp3) is 0.600. The minimum absolute atomic E-state index is 0.373. The third-order valence-corrected chi connectivity index (χ3v) is 3.24. The molecule has 1 aromatic rings. The van der Waals surface area contributed by atoms with Crippen molar-refractivity contribution in [2.24, 2.45) is 5.41 Å². The molecule has 0 radical (unpaired) electrons. The maximum Gasteiger partial charge on any atom is 0.319 e. The molecule has 0 spiro atoms. The maximum atomic E-state index is 11.9. The molecule has 1 fully saturated rings. The molecular formula is C10H14N4O3. The van der Waals surface area contributed by atoms with Crippen LogP contribution in [0.15, 0.2) is 6.33 Å². The largest absolute Gasteiger partial charge is 0.480 e. The first-order valence-corrected chi connectivity index (χ1v) is 5.46. The van der Waals surface area contributed by atoms with E-state index in [0.717, 1.165) is 6.42 Å². The lowest BCUT2D eigenvalue weighted by molar-refractivity contribution is -0.162. The zero-order chi connectivity index (χ0) is 12.5. The normalized spacial score (nSPS) is 19.1. The standard InChI is InChI=1S/C10H14N4O3/c1-6(7-11-5-12-14-7)13-8(15)10(9(16)17)3-2-4-10/h5-6H,2-4H2,1H3,(H,13,15)(H,16,17)(H,11,12,14). The molecule has 7 nitrogen and oxygen atoms in total. The van der Waals surface area contributed by atoms with Crippen LogP contribution in [0.1, 0.15) is 38.1 Å². The second kappa shape index (κ2) is 4.15. The van der Waals surface area contributed by atoms with Gasteiger partial charge in [-0.2, -0.15) is 5.10 Å². The molecule has 1 aromatic heterocycles. The summed E-state index contributed by atoms with van der Waals surface area (Å²) in [5.41, 5.74) is -1.24. The minimum atomic E-state index is -1.24. The number of aromatic amines is 1. The molecule has 1 amide bonds. The summed E-state index contributed by atoms with van der Waals surface area (Å²) < 4.78 is 0. The Morgan fingerprint density at radius 1 is 1.59 bits per heavy atom. The number of aromatic nitrogens is 3. The predicted molar refractivity (Wildman–Crippen MR) is 56.9 cm³/mol. The van der Waals surface area contributed by atoms with Crippen LogP contribution < -0.4 is 5.32 Å². The summed E-state index contributed by atoms with van der Waals surface area (Å²) in [6.45, 7) is 1.73. The van der Waals surface area contributed by atoms with Crippen LogP contribution in [0, 0.1) is 5.41 Å². The Labute approximate surface area is 97.6 Å². The fourth-order valence-corrected chi connectivity index (χ4v) is 1.90. The average Bonchev–Trinajstić information content (AvgIpc) is 2.66. The van der Waals surface area contributed by atoms with E-state index in [0.29, 0.717) is 18.7 Å².